The molecule has 2 fully saturated rings. The van der Waals surface area contributed by atoms with Crippen LogP contribution in [-0.2, 0) is 9.59 Å². The van der Waals surface area contributed by atoms with E-state index in [1.807, 2.05) is 32.9 Å². The SMILES string of the molecule is Cc1ccc(N2C(=O)C3CCCN3C(=O)C2C)c(C)c1. The summed E-state index contributed by atoms with van der Waals surface area (Å²) >= 11 is 0. The lowest BCUT2D eigenvalue weighted by molar-refractivity contribution is -0.143. The summed E-state index contributed by atoms with van der Waals surface area (Å²) in [5.74, 6) is 0.147. The summed E-state index contributed by atoms with van der Waals surface area (Å²) in [7, 11) is 0. The quantitative estimate of drug-likeness (QED) is 0.785. The Labute approximate surface area is 119 Å². The fourth-order valence-corrected chi connectivity index (χ4v) is 3.39. The van der Waals surface area contributed by atoms with Crippen molar-refractivity contribution in [3.05, 3.63) is 29.3 Å². The van der Waals surface area contributed by atoms with E-state index in [1.54, 1.807) is 9.80 Å². The summed E-state index contributed by atoms with van der Waals surface area (Å²) < 4.78 is 0. The third kappa shape index (κ3) is 1.82. The number of amides is 2. The number of carbonyl (C=O) groups excluding carboxylic acids is 2. The second-order valence-electron chi connectivity index (χ2n) is 5.86. The number of nitrogens with zero attached hydrogens (tertiary/aromatic N) is 2. The second kappa shape index (κ2) is 4.62. The molecule has 2 amide bonds. The second-order valence-corrected chi connectivity index (χ2v) is 5.86. The van der Waals surface area contributed by atoms with Gasteiger partial charge in [0.15, 0.2) is 0 Å². The summed E-state index contributed by atoms with van der Waals surface area (Å²) in [4.78, 5) is 28.6. The minimum atomic E-state index is -0.404. The zero-order chi connectivity index (χ0) is 14.4. The first-order valence-electron chi connectivity index (χ1n) is 7.21. The molecule has 0 radical (unpaired) electrons. The molecule has 0 N–H and O–H groups in total. The standard InChI is InChI=1S/C16H20N2O2/c1-10-6-7-13(11(2)9-10)18-12(3)15(19)17-8-4-5-14(17)16(18)20/h6-7,9,12,14H,4-5,8H2,1-3H3. The molecule has 2 unspecified atom stereocenters. The number of aryl methyl sites for hydroxylation is 2. The summed E-state index contributed by atoms with van der Waals surface area (Å²) in [6, 6.07) is 5.35. The van der Waals surface area contributed by atoms with E-state index in [-0.39, 0.29) is 17.9 Å². The van der Waals surface area contributed by atoms with Gasteiger partial charge < -0.3 is 4.90 Å². The normalized spacial score (nSPS) is 26.1. The van der Waals surface area contributed by atoms with Crippen LogP contribution in [0.5, 0.6) is 0 Å². The van der Waals surface area contributed by atoms with Gasteiger partial charge in [-0.05, 0) is 45.2 Å². The van der Waals surface area contributed by atoms with Crippen molar-refractivity contribution < 1.29 is 9.59 Å². The van der Waals surface area contributed by atoms with Gasteiger partial charge in [0.05, 0.1) is 0 Å². The highest BCUT2D eigenvalue weighted by Crippen LogP contribution is 2.32. The molecule has 2 aliphatic heterocycles. The molecule has 20 heavy (non-hydrogen) atoms. The maximum atomic E-state index is 12.7. The van der Waals surface area contributed by atoms with Gasteiger partial charge >= 0.3 is 0 Å². The molecule has 2 heterocycles. The minimum Gasteiger partial charge on any atom is -0.329 e. The van der Waals surface area contributed by atoms with E-state index >= 15 is 0 Å². The third-order valence-corrected chi connectivity index (χ3v) is 4.41. The molecular formula is C16H20N2O2. The Hall–Kier alpha value is -1.84. The topological polar surface area (TPSA) is 40.6 Å². The van der Waals surface area contributed by atoms with Crippen molar-refractivity contribution >= 4 is 17.5 Å². The minimum absolute atomic E-state index is 0.0709. The lowest BCUT2D eigenvalue weighted by Gasteiger charge is -2.41. The van der Waals surface area contributed by atoms with Gasteiger partial charge in [-0.1, -0.05) is 17.7 Å². The maximum absolute atomic E-state index is 12.7. The van der Waals surface area contributed by atoms with Crippen LogP contribution in [0.3, 0.4) is 0 Å². The Morgan fingerprint density at radius 1 is 1.15 bits per heavy atom. The smallest absolute Gasteiger partial charge is 0.250 e. The van der Waals surface area contributed by atoms with Gasteiger partial charge in [0.25, 0.3) is 5.91 Å². The zero-order valence-corrected chi connectivity index (χ0v) is 12.2. The van der Waals surface area contributed by atoms with Gasteiger partial charge in [0, 0.05) is 12.2 Å². The number of benzene rings is 1. The highest BCUT2D eigenvalue weighted by Gasteiger charge is 2.46. The van der Waals surface area contributed by atoms with E-state index in [0.717, 1.165) is 36.2 Å². The maximum Gasteiger partial charge on any atom is 0.250 e. The zero-order valence-electron chi connectivity index (χ0n) is 12.2. The highest BCUT2D eigenvalue weighted by molar-refractivity contribution is 6.08. The van der Waals surface area contributed by atoms with E-state index in [2.05, 4.69) is 6.07 Å². The molecule has 2 aliphatic rings. The van der Waals surface area contributed by atoms with E-state index in [0.29, 0.717) is 0 Å². The van der Waals surface area contributed by atoms with E-state index in [9.17, 15) is 9.59 Å². The van der Waals surface area contributed by atoms with Gasteiger partial charge in [0.1, 0.15) is 12.1 Å². The summed E-state index contributed by atoms with van der Waals surface area (Å²) in [5, 5.41) is 0. The van der Waals surface area contributed by atoms with Gasteiger partial charge in [0.2, 0.25) is 5.91 Å². The number of piperazine rings is 1. The van der Waals surface area contributed by atoms with Crippen LogP contribution < -0.4 is 4.90 Å². The molecule has 106 valence electrons. The first kappa shape index (κ1) is 13.2. The molecule has 1 aromatic rings. The number of rotatable bonds is 1. The van der Waals surface area contributed by atoms with Crippen molar-refractivity contribution in [1.82, 2.24) is 4.90 Å². The van der Waals surface area contributed by atoms with Gasteiger partial charge in [-0.2, -0.15) is 0 Å². The fourth-order valence-electron chi connectivity index (χ4n) is 3.39. The molecule has 2 atom stereocenters. The first-order valence-corrected chi connectivity index (χ1v) is 7.21. The van der Waals surface area contributed by atoms with E-state index in [4.69, 9.17) is 0 Å². The Morgan fingerprint density at radius 3 is 2.60 bits per heavy atom. The average Bonchev–Trinajstić information content (AvgIpc) is 2.88. The van der Waals surface area contributed by atoms with Crippen molar-refractivity contribution in [3.8, 4) is 0 Å². The van der Waals surface area contributed by atoms with Crippen LogP contribution in [0.25, 0.3) is 0 Å². The summed E-state index contributed by atoms with van der Waals surface area (Å²) in [5.41, 5.74) is 3.08. The van der Waals surface area contributed by atoms with Gasteiger partial charge in [-0.25, -0.2) is 0 Å². The molecule has 2 saturated heterocycles. The molecule has 4 heteroatoms. The molecule has 3 rings (SSSR count). The largest absolute Gasteiger partial charge is 0.329 e. The lowest BCUT2D eigenvalue weighted by Crippen LogP contribution is -2.62. The molecule has 0 bridgehead atoms. The first-order chi connectivity index (χ1) is 9.50. The van der Waals surface area contributed by atoms with Crippen LogP contribution in [0.1, 0.15) is 30.9 Å². The summed E-state index contributed by atoms with van der Waals surface area (Å²) in [6.07, 6.45) is 1.72. The number of hydrogen-bond donors (Lipinski definition) is 0. The molecule has 1 aromatic carbocycles. The number of fused-ring (bicyclic) bond motifs is 1. The fraction of sp³-hybridized carbons (Fsp3) is 0.500. The van der Waals surface area contributed by atoms with Crippen LogP contribution in [0.15, 0.2) is 18.2 Å². The monoisotopic (exact) mass is 272 g/mol. The van der Waals surface area contributed by atoms with Crippen molar-refractivity contribution in [2.75, 3.05) is 11.4 Å². The van der Waals surface area contributed by atoms with Crippen LogP contribution >= 0.6 is 0 Å². The van der Waals surface area contributed by atoms with Crippen LogP contribution in [0.2, 0.25) is 0 Å². The van der Waals surface area contributed by atoms with Crippen LogP contribution in [0.4, 0.5) is 5.69 Å². The molecule has 0 aliphatic carbocycles. The van der Waals surface area contributed by atoms with Crippen molar-refractivity contribution in [1.29, 1.82) is 0 Å². The number of anilines is 1. The molecule has 4 nitrogen and oxygen atoms in total. The van der Waals surface area contributed by atoms with Crippen molar-refractivity contribution in [2.45, 2.75) is 45.7 Å². The van der Waals surface area contributed by atoms with Crippen molar-refractivity contribution in [3.63, 3.8) is 0 Å². The molecular weight excluding hydrogens is 252 g/mol. The Bertz CT molecular complexity index is 582. The van der Waals surface area contributed by atoms with E-state index in [1.165, 1.54) is 0 Å². The Kier molecular flexibility index (Phi) is 3.04. The lowest BCUT2D eigenvalue weighted by atomic mass is 10.0. The Morgan fingerprint density at radius 2 is 1.90 bits per heavy atom. The molecule has 0 aromatic heterocycles. The predicted octanol–water partition coefficient (Wildman–Crippen LogP) is 2.03. The molecule has 0 spiro atoms. The van der Waals surface area contributed by atoms with Gasteiger partial charge in [-0.15, -0.1) is 0 Å². The molecule has 0 saturated carbocycles. The highest BCUT2D eigenvalue weighted by atomic mass is 16.2. The van der Waals surface area contributed by atoms with Crippen LogP contribution in [-0.4, -0.2) is 35.3 Å². The summed E-state index contributed by atoms with van der Waals surface area (Å²) in [6.45, 7) is 6.57. The average molecular weight is 272 g/mol. The van der Waals surface area contributed by atoms with Crippen molar-refractivity contribution in [2.24, 2.45) is 0 Å². The van der Waals surface area contributed by atoms with Gasteiger partial charge in [-0.3, -0.25) is 14.5 Å². The van der Waals surface area contributed by atoms with E-state index < -0.39 is 6.04 Å². The predicted molar refractivity (Wildman–Crippen MR) is 77.6 cm³/mol. The Balaban J connectivity index is 2.03. The number of carbonyl (C=O) groups is 2. The number of hydrogen-bond acceptors (Lipinski definition) is 2. The van der Waals surface area contributed by atoms with Crippen LogP contribution in [0, 0.1) is 13.8 Å². The third-order valence-electron chi connectivity index (χ3n) is 4.41.